The van der Waals surface area contributed by atoms with Gasteiger partial charge in [0.05, 0.1) is 10.7 Å². The van der Waals surface area contributed by atoms with Crippen molar-refractivity contribution in [3.05, 3.63) is 41.2 Å². The highest BCUT2D eigenvalue weighted by Gasteiger charge is 2.06. The van der Waals surface area contributed by atoms with Crippen LogP contribution in [0.15, 0.2) is 30.6 Å². The third kappa shape index (κ3) is 1.83. The van der Waals surface area contributed by atoms with E-state index in [-0.39, 0.29) is 0 Å². The van der Waals surface area contributed by atoms with Crippen LogP contribution in [0.25, 0.3) is 5.69 Å². The monoisotopic (exact) mass is 221 g/mol. The zero-order valence-electron chi connectivity index (χ0n) is 8.66. The molecule has 1 N–H and O–H groups in total. The molecule has 1 aromatic carbocycles. The third-order valence-corrected chi connectivity index (χ3v) is 2.55. The number of anilines is 1. The second kappa shape index (κ2) is 3.95. The quantitative estimate of drug-likeness (QED) is 0.845. The predicted octanol–water partition coefficient (Wildman–Crippen LogP) is 2.88. The molecule has 0 unspecified atom stereocenters. The van der Waals surface area contributed by atoms with E-state index in [1.165, 1.54) is 5.56 Å². The Bertz CT molecular complexity index is 476. The SMILES string of the molecule is CNc1nccn1-c1cc(C)ccc1Cl. The van der Waals surface area contributed by atoms with Gasteiger partial charge in [0.1, 0.15) is 0 Å². The van der Waals surface area contributed by atoms with Gasteiger partial charge in [0.2, 0.25) is 5.95 Å². The molecule has 15 heavy (non-hydrogen) atoms. The van der Waals surface area contributed by atoms with Crippen LogP contribution in [0.5, 0.6) is 0 Å². The summed E-state index contributed by atoms with van der Waals surface area (Å²) in [6, 6.07) is 5.92. The second-order valence-corrected chi connectivity index (χ2v) is 3.73. The standard InChI is InChI=1S/C11H12ClN3/c1-8-3-4-9(12)10(7-8)15-6-5-14-11(15)13-2/h3-7H,1-2H3,(H,13,14). The summed E-state index contributed by atoms with van der Waals surface area (Å²) in [4.78, 5) is 4.18. The van der Waals surface area contributed by atoms with Crippen molar-refractivity contribution in [1.82, 2.24) is 9.55 Å². The molecule has 0 bridgehead atoms. The fourth-order valence-electron chi connectivity index (χ4n) is 1.49. The van der Waals surface area contributed by atoms with Crippen molar-refractivity contribution >= 4 is 17.5 Å². The fraction of sp³-hybridized carbons (Fsp3) is 0.182. The number of hydrogen-bond donors (Lipinski definition) is 1. The van der Waals surface area contributed by atoms with Gasteiger partial charge in [0, 0.05) is 19.4 Å². The number of imidazole rings is 1. The van der Waals surface area contributed by atoms with Gasteiger partial charge in [0.25, 0.3) is 0 Å². The molecule has 2 rings (SSSR count). The zero-order chi connectivity index (χ0) is 10.8. The number of aryl methyl sites for hydroxylation is 1. The number of hydrogen-bond acceptors (Lipinski definition) is 2. The lowest BCUT2D eigenvalue weighted by molar-refractivity contribution is 1.05. The van der Waals surface area contributed by atoms with Gasteiger partial charge in [-0.15, -0.1) is 0 Å². The van der Waals surface area contributed by atoms with E-state index in [4.69, 9.17) is 11.6 Å². The summed E-state index contributed by atoms with van der Waals surface area (Å²) in [5, 5.41) is 3.73. The average Bonchev–Trinajstić information content (AvgIpc) is 2.69. The molecule has 2 aromatic rings. The van der Waals surface area contributed by atoms with Crippen molar-refractivity contribution in [2.45, 2.75) is 6.92 Å². The first-order chi connectivity index (χ1) is 7.22. The van der Waals surface area contributed by atoms with Gasteiger partial charge in [-0.05, 0) is 24.6 Å². The van der Waals surface area contributed by atoms with Gasteiger partial charge >= 0.3 is 0 Å². The van der Waals surface area contributed by atoms with Crippen LogP contribution in [0.2, 0.25) is 5.02 Å². The Balaban J connectivity index is 2.58. The minimum Gasteiger partial charge on any atom is -0.358 e. The number of halogens is 1. The summed E-state index contributed by atoms with van der Waals surface area (Å²) in [5.74, 6) is 0.780. The van der Waals surface area contributed by atoms with Crippen molar-refractivity contribution in [2.75, 3.05) is 12.4 Å². The molecule has 0 atom stereocenters. The minimum absolute atomic E-state index is 0.718. The Morgan fingerprint density at radius 2 is 2.20 bits per heavy atom. The van der Waals surface area contributed by atoms with E-state index in [9.17, 15) is 0 Å². The van der Waals surface area contributed by atoms with Crippen molar-refractivity contribution in [3.63, 3.8) is 0 Å². The number of nitrogens with zero attached hydrogens (tertiary/aromatic N) is 2. The molecule has 0 aliphatic carbocycles. The summed E-state index contributed by atoms with van der Waals surface area (Å²) in [6.07, 6.45) is 3.62. The Labute approximate surface area is 93.7 Å². The van der Waals surface area contributed by atoms with Crippen LogP contribution in [0.4, 0.5) is 5.95 Å². The number of nitrogens with one attached hydrogen (secondary N) is 1. The van der Waals surface area contributed by atoms with Crippen LogP contribution >= 0.6 is 11.6 Å². The minimum atomic E-state index is 0.718. The fourth-order valence-corrected chi connectivity index (χ4v) is 1.70. The molecule has 1 heterocycles. The molecule has 0 fully saturated rings. The lowest BCUT2D eigenvalue weighted by Crippen LogP contribution is -2.01. The predicted molar refractivity (Wildman–Crippen MR) is 62.9 cm³/mol. The van der Waals surface area contributed by atoms with E-state index in [2.05, 4.69) is 10.3 Å². The summed E-state index contributed by atoms with van der Waals surface area (Å²) in [7, 11) is 1.84. The summed E-state index contributed by atoms with van der Waals surface area (Å²) in [5.41, 5.74) is 2.11. The average molecular weight is 222 g/mol. The topological polar surface area (TPSA) is 29.9 Å². The Kier molecular flexibility index (Phi) is 2.64. The Morgan fingerprint density at radius 1 is 1.40 bits per heavy atom. The van der Waals surface area contributed by atoms with Gasteiger partial charge in [-0.1, -0.05) is 17.7 Å². The van der Waals surface area contributed by atoms with Crippen molar-refractivity contribution in [3.8, 4) is 5.69 Å². The maximum absolute atomic E-state index is 6.14. The van der Waals surface area contributed by atoms with Crippen LogP contribution in [-0.4, -0.2) is 16.6 Å². The maximum Gasteiger partial charge on any atom is 0.207 e. The normalized spacial score (nSPS) is 10.3. The van der Waals surface area contributed by atoms with E-state index >= 15 is 0 Å². The molecular formula is C11H12ClN3. The number of benzene rings is 1. The second-order valence-electron chi connectivity index (χ2n) is 3.33. The highest BCUT2D eigenvalue weighted by Crippen LogP contribution is 2.24. The molecule has 78 valence electrons. The van der Waals surface area contributed by atoms with E-state index in [1.807, 2.05) is 42.9 Å². The van der Waals surface area contributed by atoms with E-state index in [0.717, 1.165) is 16.7 Å². The smallest absolute Gasteiger partial charge is 0.207 e. The van der Waals surface area contributed by atoms with Gasteiger partial charge in [-0.2, -0.15) is 0 Å². The van der Waals surface area contributed by atoms with E-state index in [1.54, 1.807) is 6.20 Å². The van der Waals surface area contributed by atoms with Crippen LogP contribution in [0.1, 0.15) is 5.56 Å². The Hall–Kier alpha value is -1.48. The zero-order valence-corrected chi connectivity index (χ0v) is 9.42. The first-order valence-electron chi connectivity index (χ1n) is 4.70. The molecule has 0 radical (unpaired) electrons. The molecule has 0 amide bonds. The van der Waals surface area contributed by atoms with E-state index in [0.29, 0.717) is 0 Å². The van der Waals surface area contributed by atoms with Gasteiger partial charge in [0.15, 0.2) is 0 Å². The van der Waals surface area contributed by atoms with Crippen LogP contribution in [-0.2, 0) is 0 Å². The highest BCUT2D eigenvalue weighted by molar-refractivity contribution is 6.32. The summed E-state index contributed by atoms with van der Waals surface area (Å²) < 4.78 is 1.93. The van der Waals surface area contributed by atoms with Crippen LogP contribution < -0.4 is 5.32 Å². The summed E-state index contributed by atoms with van der Waals surface area (Å²) in [6.45, 7) is 2.04. The molecule has 0 aliphatic heterocycles. The highest BCUT2D eigenvalue weighted by atomic mass is 35.5. The molecule has 1 aromatic heterocycles. The number of aromatic nitrogens is 2. The first-order valence-corrected chi connectivity index (χ1v) is 5.08. The number of rotatable bonds is 2. The lowest BCUT2D eigenvalue weighted by Gasteiger charge is -2.09. The molecular weight excluding hydrogens is 210 g/mol. The van der Waals surface area contributed by atoms with E-state index < -0.39 is 0 Å². The largest absolute Gasteiger partial charge is 0.358 e. The Morgan fingerprint density at radius 3 is 2.93 bits per heavy atom. The van der Waals surface area contributed by atoms with Crippen molar-refractivity contribution in [2.24, 2.45) is 0 Å². The molecule has 3 nitrogen and oxygen atoms in total. The van der Waals surface area contributed by atoms with Gasteiger partial charge in [-0.3, -0.25) is 4.57 Å². The molecule has 0 spiro atoms. The van der Waals surface area contributed by atoms with Gasteiger partial charge < -0.3 is 5.32 Å². The van der Waals surface area contributed by atoms with Gasteiger partial charge in [-0.25, -0.2) is 4.98 Å². The molecule has 0 aliphatic rings. The van der Waals surface area contributed by atoms with Crippen LogP contribution in [0, 0.1) is 6.92 Å². The molecule has 0 saturated carbocycles. The van der Waals surface area contributed by atoms with Crippen molar-refractivity contribution in [1.29, 1.82) is 0 Å². The third-order valence-electron chi connectivity index (χ3n) is 2.23. The summed E-state index contributed by atoms with van der Waals surface area (Å²) >= 11 is 6.14. The first kappa shape index (κ1) is 10.1. The lowest BCUT2D eigenvalue weighted by atomic mass is 10.2. The maximum atomic E-state index is 6.14. The van der Waals surface area contributed by atoms with Crippen LogP contribution in [0.3, 0.4) is 0 Å². The van der Waals surface area contributed by atoms with Crippen molar-refractivity contribution < 1.29 is 0 Å². The molecule has 0 saturated heterocycles. The molecule has 4 heteroatoms.